The summed E-state index contributed by atoms with van der Waals surface area (Å²) in [7, 11) is 1.61. The SMILES string of the molecule is COc1cc(/C=N/Nc2ccc(C)c(C)c2)ccc1OCc1ccc(Cl)c(Cl)c1. The number of nitrogens with zero attached hydrogens (tertiary/aromatic N) is 1. The van der Waals surface area contributed by atoms with Gasteiger partial charge in [0.15, 0.2) is 11.5 Å². The Kier molecular flexibility index (Phi) is 7.02. The number of halogens is 2. The van der Waals surface area contributed by atoms with E-state index in [4.69, 9.17) is 32.7 Å². The van der Waals surface area contributed by atoms with Gasteiger partial charge < -0.3 is 9.47 Å². The lowest BCUT2D eigenvalue weighted by atomic mass is 10.1. The minimum atomic E-state index is 0.356. The average Bonchev–Trinajstić information content (AvgIpc) is 2.72. The van der Waals surface area contributed by atoms with Crippen LogP contribution in [0.4, 0.5) is 5.69 Å². The van der Waals surface area contributed by atoms with Gasteiger partial charge in [-0.2, -0.15) is 5.10 Å². The molecule has 3 rings (SSSR count). The first-order chi connectivity index (χ1) is 14.0. The Hall–Kier alpha value is -2.69. The van der Waals surface area contributed by atoms with Crippen LogP contribution in [0.25, 0.3) is 0 Å². The van der Waals surface area contributed by atoms with E-state index in [-0.39, 0.29) is 0 Å². The van der Waals surface area contributed by atoms with E-state index in [0.29, 0.717) is 28.2 Å². The minimum absolute atomic E-state index is 0.356. The Balaban J connectivity index is 1.65. The standard InChI is InChI=1S/C23H22Cl2N2O2/c1-15-4-7-19(10-16(15)2)27-26-13-17-6-9-22(23(12-17)28-3)29-14-18-5-8-20(24)21(25)11-18/h4-13,27H,14H2,1-3H3/b26-13+. The lowest BCUT2D eigenvalue weighted by molar-refractivity contribution is 0.284. The zero-order chi connectivity index (χ0) is 20.8. The van der Waals surface area contributed by atoms with Crippen LogP contribution in [0.15, 0.2) is 59.7 Å². The summed E-state index contributed by atoms with van der Waals surface area (Å²) in [5.41, 5.74) is 8.26. The van der Waals surface area contributed by atoms with Gasteiger partial charge in [-0.25, -0.2) is 0 Å². The molecule has 150 valence electrons. The zero-order valence-corrected chi connectivity index (χ0v) is 18.0. The molecule has 0 saturated heterocycles. The van der Waals surface area contributed by atoms with Crippen LogP contribution in [0.2, 0.25) is 10.0 Å². The molecule has 4 nitrogen and oxygen atoms in total. The molecule has 0 radical (unpaired) electrons. The van der Waals surface area contributed by atoms with E-state index < -0.39 is 0 Å². The third kappa shape index (κ3) is 5.66. The summed E-state index contributed by atoms with van der Waals surface area (Å²) in [5, 5.41) is 5.32. The molecule has 0 unspecified atom stereocenters. The normalized spacial score (nSPS) is 10.9. The number of benzene rings is 3. The molecule has 0 saturated carbocycles. The van der Waals surface area contributed by atoms with E-state index in [2.05, 4.69) is 36.5 Å². The topological polar surface area (TPSA) is 42.8 Å². The highest BCUT2D eigenvalue weighted by atomic mass is 35.5. The smallest absolute Gasteiger partial charge is 0.161 e. The Morgan fingerprint density at radius 2 is 1.72 bits per heavy atom. The van der Waals surface area contributed by atoms with Crippen LogP contribution in [0.3, 0.4) is 0 Å². The van der Waals surface area contributed by atoms with Crippen LogP contribution in [0.1, 0.15) is 22.3 Å². The summed E-state index contributed by atoms with van der Waals surface area (Å²) >= 11 is 12.0. The molecule has 0 fully saturated rings. The van der Waals surface area contributed by atoms with Crippen molar-refractivity contribution in [2.24, 2.45) is 5.10 Å². The van der Waals surface area contributed by atoms with Crippen LogP contribution in [-0.4, -0.2) is 13.3 Å². The number of hydrazone groups is 1. The molecule has 0 amide bonds. The van der Waals surface area contributed by atoms with Crippen LogP contribution in [0.5, 0.6) is 11.5 Å². The molecule has 29 heavy (non-hydrogen) atoms. The molecule has 0 bridgehead atoms. The van der Waals surface area contributed by atoms with Gasteiger partial charge in [0.1, 0.15) is 6.61 Å². The average molecular weight is 429 g/mol. The van der Waals surface area contributed by atoms with Gasteiger partial charge in [-0.3, -0.25) is 5.43 Å². The lowest BCUT2D eigenvalue weighted by Gasteiger charge is -2.12. The third-order valence-corrected chi connectivity index (χ3v) is 5.22. The molecule has 0 heterocycles. The Labute approximate surface area is 181 Å². The van der Waals surface area contributed by atoms with Crippen molar-refractivity contribution >= 4 is 35.1 Å². The maximum atomic E-state index is 6.05. The van der Waals surface area contributed by atoms with Gasteiger partial charge in [0.2, 0.25) is 0 Å². The van der Waals surface area contributed by atoms with Crippen molar-refractivity contribution in [3.8, 4) is 11.5 Å². The number of hydrogen-bond donors (Lipinski definition) is 1. The van der Waals surface area contributed by atoms with Crippen molar-refractivity contribution in [2.45, 2.75) is 20.5 Å². The van der Waals surface area contributed by atoms with E-state index in [0.717, 1.165) is 16.8 Å². The van der Waals surface area contributed by atoms with Gasteiger partial charge in [0, 0.05) is 0 Å². The molecule has 0 aliphatic carbocycles. The Morgan fingerprint density at radius 3 is 2.45 bits per heavy atom. The van der Waals surface area contributed by atoms with Crippen LogP contribution in [0, 0.1) is 13.8 Å². The van der Waals surface area contributed by atoms with Crippen LogP contribution >= 0.6 is 23.2 Å². The van der Waals surface area contributed by atoms with E-state index >= 15 is 0 Å². The van der Waals surface area contributed by atoms with Gasteiger partial charge in [-0.1, -0.05) is 35.3 Å². The number of anilines is 1. The molecule has 0 aromatic heterocycles. The maximum absolute atomic E-state index is 6.05. The summed E-state index contributed by atoms with van der Waals surface area (Å²) in [6.45, 7) is 4.51. The summed E-state index contributed by atoms with van der Waals surface area (Å²) in [5.74, 6) is 1.26. The quantitative estimate of drug-likeness (QED) is 0.338. The molecular weight excluding hydrogens is 407 g/mol. The molecule has 0 spiro atoms. The second-order valence-electron chi connectivity index (χ2n) is 6.62. The molecular formula is C23H22Cl2N2O2. The summed E-state index contributed by atoms with van der Waals surface area (Å²) in [6, 6.07) is 17.2. The number of ether oxygens (including phenoxy) is 2. The van der Waals surface area contributed by atoms with Gasteiger partial charge in [-0.15, -0.1) is 0 Å². The predicted octanol–water partition coefficient (Wildman–Crippen LogP) is 6.64. The lowest BCUT2D eigenvalue weighted by Crippen LogP contribution is -1.99. The predicted molar refractivity (Wildman–Crippen MR) is 121 cm³/mol. The second-order valence-corrected chi connectivity index (χ2v) is 7.43. The number of methoxy groups -OCH3 is 1. The summed E-state index contributed by atoms with van der Waals surface area (Å²) in [4.78, 5) is 0. The van der Waals surface area contributed by atoms with Gasteiger partial charge in [0.05, 0.1) is 29.1 Å². The molecule has 6 heteroatoms. The Bertz CT molecular complexity index is 1040. The van der Waals surface area contributed by atoms with E-state index in [1.165, 1.54) is 11.1 Å². The monoisotopic (exact) mass is 428 g/mol. The molecule has 0 aliphatic heterocycles. The molecule has 3 aromatic rings. The fourth-order valence-electron chi connectivity index (χ4n) is 2.67. The van der Waals surface area contributed by atoms with Crippen molar-refractivity contribution in [3.63, 3.8) is 0 Å². The highest BCUT2D eigenvalue weighted by Crippen LogP contribution is 2.29. The molecule has 1 N–H and O–H groups in total. The highest BCUT2D eigenvalue weighted by Gasteiger charge is 2.07. The van der Waals surface area contributed by atoms with Crippen molar-refractivity contribution in [2.75, 3.05) is 12.5 Å². The van der Waals surface area contributed by atoms with Gasteiger partial charge in [0.25, 0.3) is 0 Å². The number of nitrogens with one attached hydrogen (secondary N) is 1. The Morgan fingerprint density at radius 1 is 0.897 bits per heavy atom. The van der Waals surface area contributed by atoms with Crippen molar-refractivity contribution in [1.29, 1.82) is 0 Å². The number of hydrogen-bond acceptors (Lipinski definition) is 4. The first-order valence-corrected chi connectivity index (χ1v) is 9.83. The first kappa shape index (κ1) is 21.0. The van der Waals surface area contributed by atoms with Crippen LogP contribution in [-0.2, 0) is 6.61 Å². The summed E-state index contributed by atoms with van der Waals surface area (Å²) < 4.78 is 11.3. The van der Waals surface area contributed by atoms with Crippen molar-refractivity contribution < 1.29 is 9.47 Å². The number of aryl methyl sites for hydroxylation is 2. The van der Waals surface area contributed by atoms with Crippen LogP contribution < -0.4 is 14.9 Å². The zero-order valence-electron chi connectivity index (χ0n) is 16.5. The van der Waals surface area contributed by atoms with E-state index in [1.54, 1.807) is 25.5 Å². The maximum Gasteiger partial charge on any atom is 0.161 e. The highest BCUT2D eigenvalue weighted by molar-refractivity contribution is 6.42. The fourth-order valence-corrected chi connectivity index (χ4v) is 2.99. The first-order valence-electron chi connectivity index (χ1n) is 9.07. The van der Waals surface area contributed by atoms with Crippen molar-refractivity contribution in [3.05, 3.63) is 86.9 Å². The van der Waals surface area contributed by atoms with Gasteiger partial charge in [-0.05, 0) is 78.6 Å². The molecule has 0 aliphatic rings. The van der Waals surface area contributed by atoms with E-state index in [9.17, 15) is 0 Å². The summed E-state index contributed by atoms with van der Waals surface area (Å²) in [6.07, 6.45) is 1.74. The molecule has 0 atom stereocenters. The van der Waals surface area contributed by atoms with E-state index in [1.807, 2.05) is 30.3 Å². The van der Waals surface area contributed by atoms with Gasteiger partial charge >= 0.3 is 0 Å². The number of rotatable bonds is 7. The molecule has 3 aromatic carbocycles. The third-order valence-electron chi connectivity index (χ3n) is 4.48. The minimum Gasteiger partial charge on any atom is -0.493 e. The van der Waals surface area contributed by atoms with Crippen molar-refractivity contribution in [1.82, 2.24) is 0 Å². The fraction of sp³-hybridized carbons (Fsp3) is 0.174. The second kappa shape index (κ2) is 9.68. The largest absolute Gasteiger partial charge is 0.493 e.